The summed E-state index contributed by atoms with van der Waals surface area (Å²) in [6.07, 6.45) is 64.4. The van der Waals surface area contributed by atoms with Gasteiger partial charge < -0.3 is 20.3 Å². The first-order chi connectivity index (χ1) is 31.0. The number of aliphatic hydroxyl groups is 2. The third-order valence-electron chi connectivity index (χ3n) is 12.6. The van der Waals surface area contributed by atoms with Crippen LogP contribution >= 0.6 is 0 Å². The van der Waals surface area contributed by atoms with E-state index in [1.165, 1.54) is 193 Å². The minimum atomic E-state index is -0.855. The maximum absolute atomic E-state index is 12.4. The molecule has 3 N–H and O–H groups in total. The van der Waals surface area contributed by atoms with Crippen LogP contribution in [0.3, 0.4) is 0 Å². The van der Waals surface area contributed by atoms with Crippen molar-refractivity contribution in [2.24, 2.45) is 0 Å². The highest BCUT2D eigenvalue weighted by atomic mass is 16.5. The van der Waals surface area contributed by atoms with Crippen molar-refractivity contribution >= 4 is 11.9 Å². The molecule has 0 saturated heterocycles. The molecule has 370 valence electrons. The molecule has 0 aromatic heterocycles. The Labute approximate surface area is 392 Å². The summed E-state index contributed by atoms with van der Waals surface area (Å²) >= 11 is 0. The lowest BCUT2D eigenvalue weighted by atomic mass is 10.0. The number of nitrogens with one attached hydrogen (secondary N) is 1. The Morgan fingerprint density at radius 1 is 0.429 bits per heavy atom. The second-order valence-electron chi connectivity index (χ2n) is 18.9. The predicted octanol–water partition coefficient (Wildman–Crippen LogP) is 16.9. The van der Waals surface area contributed by atoms with Crippen LogP contribution in [0.1, 0.15) is 290 Å². The molecule has 2 unspecified atom stereocenters. The molecule has 6 nitrogen and oxygen atoms in total. The molecule has 0 spiro atoms. The van der Waals surface area contributed by atoms with Gasteiger partial charge in [0.1, 0.15) is 0 Å². The smallest absolute Gasteiger partial charge is 0.305 e. The number of carbonyl (C=O) groups excluding carboxylic acids is 2. The molecule has 6 heteroatoms. The number of aliphatic hydroxyl groups excluding tert-OH is 2. The van der Waals surface area contributed by atoms with Crippen molar-refractivity contribution in [3.8, 4) is 0 Å². The van der Waals surface area contributed by atoms with Gasteiger partial charge in [0.15, 0.2) is 0 Å². The van der Waals surface area contributed by atoms with Gasteiger partial charge in [-0.25, -0.2) is 0 Å². The summed E-state index contributed by atoms with van der Waals surface area (Å²) in [5.41, 5.74) is 0. The quantitative estimate of drug-likeness (QED) is 0.0321. The number of hydrogen-bond donors (Lipinski definition) is 3. The fourth-order valence-corrected chi connectivity index (χ4v) is 8.33. The van der Waals surface area contributed by atoms with E-state index in [0.717, 1.165) is 70.6 Å². The molecule has 0 aliphatic carbocycles. The van der Waals surface area contributed by atoms with Crippen LogP contribution < -0.4 is 5.32 Å². The molecule has 0 aromatic rings. The van der Waals surface area contributed by atoms with Crippen molar-refractivity contribution in [3.05, 3.63) is 36.5 Å². The number of unbranched alkanes of at least 4 members (excludes halogenated alkanes) is 36. The summed E-state index contributed by atoms with van der Waals surface area (Å²) in [5, 5.41) is 23.1. The number of esters is 1. The molecule has 0 aromatic carbocycles. The first-order valence-electron chi connectivity index (χ1n) is 27.8. The van der Waals surface area contributed by atoms with Crippen LogP contribution in [0.5, 0.6) is 0 Å². The van der Waals surface area contributed by atoms with E-state index in [2.05, 4.69) is 43.5 Å². The van der Waals surface area contributed by atoms with E-state index in [1.54, 1.807) is 6.08 Å². The van der Waals surface area contributed by atoms with Crippen molar-refractivity contribution in [1.82, 2.24) is 5.32 Å². The number of carbonyl (C=O) groups is 2. The van der Waals surface area contributed by atoms with E-state index in [0.29, 0.717) is 19.4 Å². The highest BCUT2D eigenvalue weighted by Gasteiger charge is 2.18. The minimum Gasteiger partial charge on any atom is -0.466 e. The van der Waals surface area contributed by atoms with Gasteiger partial charge in [0.2, 0.25) is 5.91 Å². The standard InChI is InChI=1S/C57H107NO5/c1-3-5-7-9-11-13-15-17-19-22-25-29-33-37-41-45-49-55(60)54(53-59)58-56(61)50-46-42-38-34-30-26-23-20-24-28-32-36-40-44-48-52-63-57(62)51-47-43-39-35-31-27-21-18-16-14-12-10-8-6-4-2/h18,21,24,28,45,49,54-55,59-60H,3-17,19-20,22-23,25-27,29-44,46-48,50-53H2,1-2H3,(H,58,61)/b21-18-,28-24-,49-45+. The Balaban J connectivity index is 3.51. The van der Waals surface area contributed by atoms with Crippen molar-refractivity contribution in [2.75, 3.05) is 13.2 Å². The molecule has 0 saturated carbocycles. The molecule has 63 heavy (non-hydrogen) atoms. The zero-order chi connectivity index (χ0) is 45.8. The number of amides is 1. The van der Waals surface area contributed by atoms with E-state index < -0.39 is 12.1 Å². The van der Waals surface area contributed by atoms with Crippen LogP contribution in [0.2, 0.25) is 0 Å². The molecule has 1 amide bonds. The summed E-state index contributed by atoms with van der Waals surface area (Å²) in [5.74, 6) is -0.102. The lowest BCUT2D eigenvalue weighted by Gasteiger charge is -2.20. The number of allylic oxidation sites excluding steroid dienone is 5. The van der Waals surface area contributed by atoms with Gasteiger partial charge in [-0.1, -0.05) is 230 Å². The van der Waals surface area contributed by atoms with Gasteiger partial charge in [-0.2, -0.15) is 0 Å². The van der Waals surface area contributed by atoms with Gasteiger partial charge in [0.05, 0.1) is 25.4 Å². The molecular weight excluding hydrogens is 779 g/mol. The second kappa shape index (κ2) is 52.7. The Morgan fingerprint density at radius 3 is 1.13 bits per heavy atom. The lowest BCUT2D eigenvalue weighted by molar-refractivity contribution is -0.143. The Bertz CT molecular complexity index is 1020. The summed E-state index contributed by atoms with van der Waals surface area (Å²) in [7, 11) is 0. The average molecular weight is 886 g/mol. The van der Waals surface area contributed by atoms with Crippen molar-refractivity contribution in [1.29, 1.82) is 0 Å². The maximum Gasteiger partial charge on any atom is 0.305 e. The summed E-state index contributed by atoms with van der Waals surface area (Å²) in [4.78, 5) is 24.5. The van der Waals surface area contributed by atoms with E-state index >= 15 is 0 Å². The highest BCUT2D eigenvalue weighted by Crippen LogP contribution is 2.15. The molecule has 2 atom stereocenters. The van der Waals surface area contributed by atoms with Gasteiger partial charge in [-0.05, 0) is 83.5 Å². The molecule has 0 rings (SSSR count). The Kier molecular flexibility index (Phi) is 51.1. The largest absolute Gasteiger partial charge is 0.466 e. The second-order valence-corrected chi connectivity index (χ2v) is 18.9. The summed E-state index contributed by atoms with van der Waals surface area (Å²) < 4.78 is 5.45. The third kappa shape index (κ3) is 49.4. The normalized spacial score (nSPS) is 12.9. The van der Waals surface area contributed by atoms with Gasteiger partial charge >= 0.3 is 5.97 Å². The summed E-state index contributed by atoms with van der Waals surface area (Å²) in [6.45, 7) is 4.86. The molecule has 0 radical (unpaired) electrons. The first kappa shape index (κ1) is 61.1. The fourth-order valence-electron chi connectivity index (χ4n) is 8.33. The van der Waals surface area contributed by atoms with Gasteiger partial charge in [0, 0.05) is 12.8 Å². The topological polar surface area (TPSA) is 95.9 Å². The predicted molar refractivity (Wildman–Crippen MR) is 273 cm³/mol. The van der Waals surface area contributed by atoms with Crippen LogP contribution in [0, 0.1) is 0 Å². The number of rotatable bonds is 51. The van der Waals surface area contributed by atoms with Crippen LogP contribution in [0.4, 0.5) is 0 Å². The fraction of sp³-hybridized carbons (Fsp3) is 0.860. The van der Waals surface area contributed by atoms with Crippen LogP contribution in [-0.2, 0) is 14.3 Å². The van der Waals surface area contributed by atoms with Crippen molar-refractivity contribution in [2.45, 2.75) is 302 Å². The van der Waals surface area contributed by atoms with Gasteiger partial charge in [0.25, 0.3) is 0 Å². The van der Waals surface area contributed by atoms with Crippen molar-refractivity contribution < 1.29 is 24.5 Å². The van der Waals surface area contributed by atoms with Crippen molar-refractivity contribution in [3.63, 3.8) is 0 Å². The van der Waals surface area contributed by atoms with E-state index in [-0.39, 0.29) is 18.5 Å². The first-order valence-corrected chi connectivity index (χ1v) is 27.8. The molecule has 0 bridgehead atoms. The average Bonchev–Trinajstić information content (AvgIpc) is 3.28. The monoisotopic (exact) mass is 886 g/mol. The molecular formula is C57H107NO5. The van der Waals surface area contributed by atoms with E-state index in [1.807, 2.05) is 6.08 Å². The highest BCUT2D eigenvalue weighted by molar-refractivity contribution is 5.76. The SMILES string of the molecule is CCCCCCCC/C=C\CCCCCCCC(=O)OCCCCCC/C=C\CCCCCCCCCC(=O)NC(CO)C(O)/C=C/CCCCCCCCCCCCCCCC. The van der Waals surface area contributed by atoms with Crippen LogP contribution in [0.25, 0.3) is 0 Å². The Hall–Kier alpha value is -1.92. The Morgan fingerprint density at radius 2 is 0.746 bits per heavy atom. The maximum atomic E-state index is 12.4. The zero-order valence-electron chi connectivity index (χ0n) is 42.1. The van der Waals surface area contributed by atoms with Crippen LogP contribution in [-0.4, -0.2) is 47.4 Å². The third-order valence-corrected chi connectivity index (χ3v) is 12.6. The van der Waals surface area contributed by atoms with E-state index in [9.17, 15) is 19.8 Å². The summed E-state index contributed by atoms with van der Waals surface area (Å²) in [6, 6.07) is -0.640. The lowest BCUT2D eigenvalue weighted by Crippen LogP contribution is -2.45. The van der Waals surface area contributed by atoms with Gasteiger partial charge in [-0.15, -0.1) is 0 Å². The minimum absolute atomic E-state index is 0.0194. The molecule has 0 heterocycles. The molecule has 0 aliphatic heterocycles. The molecule has 0 fully saturated rings. The number of ether oxygens (including phenoxy) is 1. The zero-order valence-corrected chi connectivity index (χ0v) is 42.1. The van der Waals surface area contributed by atoms with E-state index in [4.69, 9.17) is 4.74 Å². The van der Waals surface area contributed by atoms with Crippen LogP contribution in [0.15, 0.2) is 36.5 Å². The van der Waals surface area contributed by atoms with Gasteiger partial charge in [-0.3, -0.25) is 9.59 Å². The number of hydrogen-bond acceptors (Lipinski definition) is 5. The molecule has 0 aliphatic rings.